The van der Waals surface area contributed by atoms with E-state index in [9.17, 15) is 0 Å². The van der Waals surface area contributed by atoms with Crippen molar-refractivity contribution < 1.29 is 0 Å². The molecule has 5 nitrogen and oxygen atoms in total. The van der Waals surface area contributed by atoms with E-state index in [0.717, 1.165) is 29.8 Å². The van der Waals surface area contributed by atoms with Gasteiger partial charge in [-0.3, -0.25) is 0 Å². The molecule has 5 heteroatoms. The lowest BCUT2D eigenvalue weighted by molar-refractivity contribution is 0.642. The van der Waals surface area contributed by atoms with Gasteiger partial charge in [0.05, 0.1) is 29.2 Å². The smallest absolute Gasteiger partial charge is 0.0992 e. The first-order valence-electron chi connectivity index (χ1n) is 7.48. The normalized spacial score (nSPS) is 11.8. The first-order valence-corrected chi connectivity index (χ1v) is 7.48. The van der Waals surface area contributed by atoms with E-state index >= 15 is 0 Å². The highest BCUT2D eigenvalue weighted by atomic mass is 15.4. The average Bonchev–Trinajstić information content (AvgIpc) is 3.09. The fraction of sp³-hybridized carbons (Fsp3) is 0.167. The summed E-state index contributed by atoms with van der Waals surface area (Å²) < 4.78 is 1.68. The van der Waals surface area contributed by atoms with Gasteiger partial charge in [-0.25, -0.2) is 4.68 Å². The number of benzene rings is 2. The summed E-state index contributed by atoms with van der Waals surface area (Å²) in [5, 5.41) is 17.3. The minimum atomic E-state index is -0.0109. The Labute approximate surface area is 135 Å². The molecule has 3 aromatic rings. The van der Waals surface area contributed by atoms with Gasteiger partial charge in [-0.2, -0.15) is 5.26 Å². The highest BCUT2D eigenvalue weighted by molar-refractivity contribution is 5.40. The van der Waals surface area contributed by atoms with Crippen LogP contribution in [0.5, 0.6) is 0 Å². The molecule has 0 aliphatic heterocycles. The lowest BCUT2D eigenvalue weighted by atomic mass is 10.0. The third-order valence-electron chi connectivity index (χ3n) is 3.72. The number of aryl methyl sites for hydroxylation is 1. The van der Waals surface area contributed by atoms with Crippen molar-refractivity contribution >= 4 is 0 Å². The molecular weight excluding hydrogens is 286 g/mol. The molecule has 2 N–H and O–H groups in total. The van der Waals surface area contributed by atoms with E-state index in [-0.39, 0.29) is 6.04 Å². The zero-order valence-corrected chi connectivity index (χ0v) is 12.6. The molecule has 0 amide bonds. The van der Waals surface area contributed by atoms with Crippen molar-refractivity contribution in [2.24, 2.45) is 5.73 Å². The Balaban J connectivity index is 1.67. The van der Waals surface area contributed by atoms with Crippen molar-refractivity contribution in [3.8, 4) is 11.8 Å². The maximum Gasteiger partial charge on any atom is 0.0992 e. The van der Waals surface area contributed by atoms with Gasteiger partial charge in [-0.15, -0.1) is 5.10 Å². The number of hydrogen-bond acceptors (Lipinski definition) is 4. The fourth-order valence-corrected chi connectivity index (χ4v) is 2.43. The number of rotatable bonds is 5. The van der Waals surface area contributed by atoms with Gasteiger partial charge in [0.15, 0.2) is 0 Å². The molecule has 1 aromatic heterocycles. The largest absolute Gasteiger partial charge is 0.324 e. The number of aromatic nitrogens is 3. The van der Waals surface area contributed by atoms with Gasteiger partial charge in [0.2, 0.25) is 0 Å². The summed E-state index contributed by atoms with van der Waals surface area (Å²) in [5.74, 6) is 0. The Kier molecular flexibility index (Phi) is 4.46. The first-order chi connectivity index (χ1) is 11.3. The Bertz CT molecular complexity index is 817. The number of nitriles is 1. The van der Waals surface area contributed by atoms with E-state index in [4.69, 9.17) is 11.0 Å². The van der Waals surface area contributed by atoms with Crippen molar-refractivity contribution in [3.05, 3.63) is 77.6 Å². The van der Waals surface area contributed by atoms with Gasteiger partial charge >= 0.3 is 0 Å². The van der Waals surface area contributed by atoms with Crippen LogP contribution in [0.4, 0.5) is 0 Å². The van der Waals surface area contributed by atoms with Crippen molar-refractivity contribution in [1.29, 1.82) is 5.26 Å². The zero-order valence-electron chi connectivity index (χ0n) is 12.6. The highest BCUT2D eigenvalue weighted by Gasteiger charge is 2.08. The van der Waals surface area contributed by atoms with Gasteiger partial charge in [-0.05, 0) is 36.6 Å². The molecule has 1 atom stereocenters. The van der Waals surface area contributed by atoms with Crippen LogP contribution in [0, 0.1) is 11.3 Å². The summed E-state index contributed by atoms with van der Waals surface area (Å²) in [4.78, 5) is 0. The number of nitrogens with two attached hydrogens (primary N) is 1. The summed E-state index contributed by atoms with van der Waals surface area (Å²) in [6.45, 7) is 0. The Morgan fingerprint density at radius 1 is 1.13 bits per heavy atom. The van der Waals surface area contributed by atoms with E-state index in [1.807, 2.05) is 48.7 Å². The predicted octanol–water partition coefficient (Wildman–Crippen LogP) is 2.77. The minimum Gasteiger partial charge on any atom is -0.324 e. The molecule has 1 unspecified atom stereocenters. The van der Waals surface area contributed by atoms with Crippen molar-refractivity contribution in [2.75, 3.05) is 0 Å². The topological polar surface area (TPSA) is 80.5 Å². The Morgan fingerprint density at radius 3 is 2.74 bits per heavy atom. The SMILES string of the molecule is N#Cc1cccc(-n2cc(CCC(N)c3ccccc3)nn2)c1. The molecule has 1 heterocycles. The first kappa shape index (κ1) is 14.9. The fourth-order valence-electron chi connectivity index (χ4n) is 2.43. The minimum absolute atomic E-state index is 0.0109. The van der Waals surface area contributed by atoms with Gasteiger partial charge in [-0.1, -0.05) is 41.6 Å². The monoisotopic (exact) mass is 303 g/mol. The summed E-state index contributed by atoms with van der Waals surface area (Å²) in [6, 6.07) is 19.4. The molecule has 0 aliphatic carbocycles. The third-order valence-corrected chi connectivity index (χ3v) is 3.72. The summed E-state index contributed by atoms with van der Waals surface area (Å²) in [6.07, 6.45) is 3.45. The lowest BCUT2D eigenvalue weighted by Crippen LogP contribution is -2.11. The molecule has 0 radical (unpaired) electrons. The van der Waals surface area contributed by atoms with Crippen LogP contribution in [0.1, 0.15) is 29.3 Å². The summed E-state index contributed by atoms with van der Waals surface area (Å²) in [5.41, 5.74) is 9.65. The average molecular weight is 303 g/mol. The second-order valence-electron chi connectivity index (χ2n) is 5.37. The van der Waals surface area contributed by atoms with Gasteiger partial charge < -0.3 is 5.73 Å². The molecule has 23 heavy (non-hydrogen) atoms. The van der Waals surface area contributed by atoms with E-state index in [0.29, 0.717) is 5.56 Å². The zero-order chi connectivity index (χ0) is 16.1. The van der Waals surface area contributed by atoms with Crippen LogP contribution in [0.3, 0.4) is 0 Å². The van der Waals surface area contributed by atoms with Gasteiger partial charge in [0.25, 0.3) is 0 Å². The second-order valence-corrected chi connectivity index (χ2v) is 5.37. The van der Waals surface area contributed by atoms with E-state index in [2.05, 4.69) is 16.4 Å². The molecule has 114 valence electrons. The molecule has 0 bridgehead atoms. The number of nitrogens with zero attached hydrogens (tertiary/aromatic N) is 4. The van der Waals surface area contributed by atoms with E-state index in [1.54, 1.807) is 16.8 Å². The molecule has 0 saturated carbocycles. The van der Waals surface area contributed by atoms with Crippen LogP contribution < -0.4 is 5.73 Å². The van der Waals surface area contributed by atoms with E-state index < -0.39 is 0 Å². The van der Waals surface area contributed by atoms with Crippen LogP contribution >= 0.6 is 0 Å². The molecule has 0 aliphatic rings. The van der Waals surface area contributed by atoms with Crippen molar-refractivity contribution in [3.63, 3.8) is 0 Å². The standard InChI is InChI=1S/C18H17N5/c19-12-14-5-4-8-17(11-14)23-13-16(21-22-23)9-10-18(20)15-6-2-1-3-7-15/h1-8,11,13,18H,9-10,20H2. The number of hydrogen-bond donors (Lipinski definition) is 1. The third kappa shape index (κ3) is 3.62. The molecule has 3 rings (SSSR count). The summed E-state index contributed by atoms with van der Waals surface area (Å²) >= 11 is 0. The quantitative estimate of drug-likeness (QED) is 0.786. The second kappa shape index (κ2) is 6.86. The molecule has 2 aromatic carbocycles. The van der Waals surface area contributed by atoms with Crippen LogP contribution in [0.25, 0.3) is 5.69 Å². The predicted molar refractivity (Wildman–Crippen MR) is 87.8 cm³/mol. The Hall–Kier alpha value is -2.97. The Morgan fingerprint density at radius 2 is 1.96 bits per heavy atom. The maximum absolute atomic E-state index is 8.96. The van der Waals surface area contributed by atoms with E-state index in [1.165, 1.54) is 0 Å². The van der Waals surface area contributed by atoms with Crippen molar-refractivity contribution in [2.45, 2.75) is 18.9 Å². The summed E-state index contributed by atoms with van der Waals surface area (Å²) in [7, 11) is 0. The highest BCUT2D eigenvalue weighted by Crippen LogP contribution is 2.16. The lowest BCUT2D eigenvalue weighted by Gasteiger charge is -2.10. The van der Waals surface area contributed by atoms with Gasteiger partial charge in [0, 0.05) is 6.04 Å². The molecule has 0 spiro atoms. The van der Waals surface area contributed by atoms with Crippen LogP contribution in [-0.4, -0.2) is 15.0 Å². The van der Waals surface area contributed by atoms with Crippen LogP contribution in [-0.2, 0) is 6.42 Å². The molecule has 0 fully saturated rings. The molecular formula is C18H17N5. The van der Waals surface area contributed by atoms with Crippen LogP contribution in [0.15, 0.2) is 60.8 Å². The van der Waals surface area contributed by atoms with Crippen LogP contribution in [0.2, 0.25) is 0 Å². The molecule has 0 saturated heterocycles. The van der Waals surface area contributed by atoms with Crippen molar-refractivity contribution in [1.82, 2.24) is 15.0 Å². The van der Waals surface area contributed by atoms with Gasteiger partial charge in [0.1, 0.15) is 0 Å². The maximum atomic E-state index is 8.96.